The van der Waals surface area contributed by atoms with Gasteiger partial charge in [-0.15, -0.1) is 0 Å². The maximum absolute atomic E-state index is 12.1. The number of amides is 2. The van der Waals surface area contributed by atoms with Gasteiger partial charge in [-0.2, -0.15) is 0 Å². The molecule has 5 nitrogen and oxygen atoms in total. The van der Waals surface area contributed by atoms with E-state index in [0.717, 1.165) is 32.1 Å². The molecule has 0 aromatic rings. The van der Waals surface area contributed by atoms with Crippen molar-refractivity contribution in [2.24, 2.45) is 0 Å². The lowest BCUT2D eigenvalue weighted by molar-refractivity contribution is -0.137. The smallest absolute Gasteiger partial charge is 0.318 e. The van der Waals surface area contributed by atoms with Crippen molar-refractivity contribution in [3.63, 3.8) is 0 Å². The molecule has 0 unspecified atom stereocenters. The Morgan fingerprint density at radius 1 is 1.41 bits per heavy atom. The minimum atomic E-state index is -0.849. The number of aliphatic carboxylic acids is 1. The molecule has 2 N–H and O–H groups in total. The SMILES string of the molecule is CC1(NC(=O)N(CCC(=O)O)C2CC2)CCC1. The number of carbonyl (C=O) groups is 2. The van der Waals surface area contributed by atoms with Crippen molar-refractivity contribution in [3.8, 4) is 0 Å². The molecule has 0 aromatic heterocycles. The van der Waals surface area contributed by atoms with Crippen molar-refractivity contribution in [1.29, 1.82) is 0 Å². The molecule has 0 saturated heterocycles. The van der Waals surface area contributed by atoms with E-state index in [9.17, 15) is 9.59 Å². The summed E-state index contributed by atoms with van der Waals surface area (Å²) < 4.78 is 0. The van der Waals surface area contributed by atoms with Crippen LogP contribution < -0.4 is 5.32 Å². The average Bonchev–Trinajstić information content (AvgIpc) is 2.99. The number of hydrogen-bond donors (Lipinski definition) is 2. The molecule has 96 valence electrons. The summed E-state index contributed by atoms with van der Waals surface area (Å²) in [6.45, 7) is 2.37. The number of carbonyl (C=O) groups excluding carboxylic acids is 1. The van der Waals surface area contributed by atoms with Crippen LogP contribution >= 0.6 is 0 Å². The zero-order valence-corrected chi connectivity index (χ0v) is 10.2. The summed E-state index contributed by atoms with van der Waals surface area (Å²) in [5.41, 5.74) is -0.0621. The molecule has 0 aliphatic heterocycles. The lowest BCUT2D eigenvalue weighted by Crippen LogP contribution is -2.55. The fourth-order valence-electron chi connectivity index (χ4n) is 2.21. The standard InChI is InChI=1S/C12H20N2O3/c1-12(6-2-7-12)13-11(17)14(9-3-4-9)8-5-10(15)16/h9H,2-8H2,1H3,(H,13,17)(H,15,16). The van der Waals surface area contributed by atoms with Crippen LogP contribution in [0, 0.1) is 0 Å². The molecule has 0 atom stereocenters. The Hall–Kier alpha value is -1.26. The van der Waals surface area contributed by atoms with Crippen LogP contribution in [0.4, 0.5) is 4.79 Å². The van der Waals surface area contributed by atoms with Gasteiger partial charge >= 0.3 is 12.0 Å². The van der Waals surface area contributed by atoms with Gasteiger partial charge in [0, 0.05) is 18.1 Å². The molecule has 0 radical (unpaired) electrons. The van der Waals surface area contributed by atoms with E-state index < -0.39 is 5.97 Å². The van der Waals surface area contributed by atoms with Gasteiger partial charge in [0.25, 0.3) is 0 Å². The summed E-state index contributed by atoms with van der Waals surface area (Å²) in [5, 5.41) is 11.7. The zero-order chi connectivity index (χ0) is 12.5. The summed E-state index contributed by atoms with van der Waals surface area (Å²) in [6.07, 6.45) is 5.25. The molecule has 0 aromatic carbocycles. The number of rotatable bonds is 5. The largest absolute Gasteiger partial charge is 0.481 e. The van der Waals surface area contributed by atoms with Crippen LogP contribution in [-0.4, -0.2) is 40.1 Å². The number of hydrogen-bond acceptors (Lipinski definition) is 2. The Morgan fingerprint density at radius 3 is 2.47 bits per heavy atom. The van der Waals surface area contributed by atoms with Crippen LogP contribution in [0.3, 0.4) is 0 Å². The summed E-state index contributed by atoms with van der Waals surface area (Å²) in [7, 11) is 0. The van der Waals surface area contributed by atoms with E-state index in [2.05, 4.69) is 12.2 Å². The van der Waals surface area contributed by atoms with Crippen LogP contribution in [-0.2, 0) is 4.79 Å². The molecule has 2 aliphatic rings. The van der Waals surface area contributed by atoms with Gasteiger partial charge in [-0.25, -0.2) is 4.79 Å². The summed E-state index contributed by atoms with van der Waals surface area (Å²) in [6, 6.07) is 0.175. The van der Waals surface area contributed by atoms with Crippen LogP contribution in [0.5, 0.6) is 0 Å². The van der Waals surface area contributed by atoms with Gasteiger partial charge in [-0.05, 0) is 39.0 Å². The Balaban J connectivity index is 1.86. The van der Waals surface area contributed by atoms with Gasteiger partial charge in [-0.3, -0.25) is 4.79 Å². The molecule has 0 spiro atoms. The van der Waals surface area contributed by atoms with Crippen molar-refractivity contribution in [2.45, 2.75) is 57.0 Å². The average molecular weight is 240 g/mol. The van der Waals surface area contributed by atoms with Crippen LogP contribution in [0.25, 0.3) is 0 Å². The highest BCUT2D eigenvalue weighted by Crippen LogP contribution is 2.32. The molecule has 2 rings (SSSR count). The van der Waals surface area contributed by atoms with Gasteiger partial charge in [-0.1, -0.05) is 0 Å². The first-order valence-corrected chi connectivity index (χ1v) is 6.31. The van der Waals surface area contributed by atoms with Crippen LogP contribution in [0.15, 0.2) is 0 Å². The highest BCUT2D eigenvalue weighted by Gasteiger charge is 2.38. The Bertz CT molecular complexity index is 322. The third-order valence-electron chi connectivity index (χ3n) is 3.68. The molecule has 2 amide bonds. The van der Waals surface area contributed by atoms with E-state index in [4.69, 9.17) is 5.11 Å². The second-order valence-corrected chi connectivity index (χ2v) is 5.41. The highest BCUT2D eigenvalue weighted by atomic mass is 16.4. The lowest BCUT2D eigenvalue weighted by Gasteiger charge is -2.40. The number of nitrogens with zero attached hydrogens (tertiary/aromatic N) is 1. The van der Waals surface area contributed by atoms with Gasteiger partial charge < -0.3 is 15.3 Å². The molecule has 2 saturated carbocycles. The Morgan fingerprint density at radius 2 is 2.06 bits per heavy atom. The highest BCUT2D eigenvalue weighted by molar-refractivity contribution is 5.77. The number of nitrogens with one attached hydrogen (secondary N) is 1. The lowest BCUT2D eigenvalue weighted by atomic mass is 9.79. The molecule has 0 heterocycles. The number of urea groups is 1. The number of carboxylic acid groups (broad SMARTS) is 1. The van der Waals surface area contributed by atoms with E-state index >= 15 is 0 Å². The molecule has 17 heavy (non-hydrogen) atoms. The van der Waals surface area contributed by atoms with E-state index in [1.165, 1.54) is 0 Å². The van der Waals surface area contributed by atoms with Crippen molar-refractivity contribution in [3.05, 3.63) is 0 Å². The first-order chi connectivity index (χ1) is 8.00. The topological polar surface area (TPSA) is 69.6 Å². The van der Waals surface area contributed by atoms with Crippen molar-refractivity contribution in [1.82, 2.24) is 10.2 Å². The Kier molecular flexibility index (Phi) is 3.26. The van der Waals surface area contributed by atoms with Gasteiger partial charge in [0.05, 0.1) is 6.42 Å². The normalized spacial score (nSPS) is 21.5. The van der Waals surface area contributed by atoms with Gasteiger partial charge in [0.2, 0.25) is 0 Å². The molecule has 0 bridgehead atoms. The second kappa shape index (κ2) is 4.55. The summed E-state index contributed by atoms with van der Waals surface area (Å²) in [4.78, 5) is 24.3. The van der Waals surface area contributed by atoms with E-state index in [1.54, 1.807) is 4.90 Å². The molecular weight excluding hydrogens is 220 g/mol. The minimum Gasteiger partial charge on any atom is -0.481 e. The van der Waals surface area contributed by atoms with Crippen LogP contribution in [0.2, 0.25) is 0 Å². The fraction of sp³-hybridized carbons (Fsp3) is 0.833. The maximum Gasteiger partial charge on any atom is 0.318 e. The molecule has 2 aliphatic carbocycles. The predicted octanol–water partition coefficient (Wildman–Crippen LogP) is 1.58. The fourth-order valence-corrected chi connectivity index (χ4v) is 2.21. The van der Waals surface area contributed by atoms with Gasteiger partial charge in [0.15, 0.2) is 0 Å². The molecule has 5 heteroatoms. The number of carboxylic acids is 1. The van der Waals surface area contributed by atoms with Crippen molar-refractivity contribution >= 4 is 12.0 Å². The second-order valence-electron chi connectivity index (χ2n) is 5.41. The van der Waals surface area contributed by atoms with Gasteiger partial charge in [0.1, 0.15) is 0 Å². The predicted molar refractivity (Wildman–Crippen MR) is 62.8 cm³/mol. The van der Waals surface area contributed by atoms with E-state index in [1.807, 2.05) is 0 Å². The maximum atomic E-state index is 12.1. The Labute approximate surface area is 101 Å². The van der Waals surface area contributed by atoms with E-state index in [-0.39, 0.29) is 24.0 Å². The van der Waals surface area contributed by atoms with Crippen molar-refractivity contribution in [2.75, 3.05) is 6.54 Å². The summed E-state index contributed by atoms with van der Waals surface area (Å²) in [5.74, 6) is -0.849. The summed E-state index contributed by atoms with van der Waals surface area (Å²) >= 11 is 0. The zero-order valence-electron chi connectivity index (χ0n) is 10.2. The van der Waals surface area contributed by atoms with Crippen LogP contribution in [0.1, 0.15) is 45.4 Å². The first kappa shape index (κ1) is 12.2. The quantitative estimate of drug-likeness (QED) is 0.766. The third-order valence-corrected chi connectivity index (χ3v) is 3.68. The van der Waals surface area contributed by atoms with E-state index in [0.29, 0.717) is 6.54 Å². The monoisotopic (exact) mass is 240 g/mol. The minimum absolute atomic E-state index is 0.0284. The first-order valence-electron chi connectivity index (χ1n) is 6.31. The third kappa shape index (κ3) is 3.11. The molecular formula is C12H20N2O3. The molecule has 2 fully saturated rings. The van der Waals surface area contributed by atoms with Crippen molar-refractivity contribution < 1.29 is 14.7 Å².